The Morgan fingerprint density at radius 3 is 1.64 bits per heavy atom. The van der Waals surface area contributed by atoms with E-state index in [0.29, 0.717) is 13.1 Å². The van der Waals surface area contributed by atoms with Crippen LogP contribution in [0, 0.1) is 0 Å². The molecule has 0 rings (SSSR count). The standard InChI is InChI=1S/C10H19N2OP/c1-6-9-11(4)14(13,8-3)12(5)10-7-2/h6-8H,1-3,9-10H2,4-5H3. The van der Waals surface area contributed by atoms with Crippen LogP contribution in [0.25, 0.3) is 0 Å². The maximum absolute atomic E-state index is 12.4. The predicted octanol–water partition coefficient (Wildman–Crippen LogP) is 2.56. The summed E-state index contributed by atoms with van der Waals surface area (Å²) in [5.41, 5.74) is 0. The van der Waals surface area contributed by atoms with Crippen molar-refractivity contribution in [2.45, 2.75) is 0 Å². The summed E-state index contributed by atoms with van der Waals surface area (Å²) in [6, 6.07) is 0. The maximum atomic E-state index is 12.4. The second kappa shape index (κ2) is 5.97. The molecule has 0 aliphatic carbocycles. The van der Waals surface area contributed by atoms with Gasteiger partial charge >= 0.3 is 0 Å². The van der Waals surface area contributed by atoms with E-state index in [-0.39, 0.29) is 0 Å². The Kier molecular flexibility index (Phi) is 5.70. The largest absolute Gasteiger partial charge is 0.284 e. The number of rotatable bonds is 7. The molecule has 0 unspecified atom stereocenters. The molecule has 0 radical (unpaired) electrons. The lowest BCUT2D eigenvalue weighted by Gasteiger charge is -2.31. The van der Waals surface area contributed by atoms with Crippen molar-refractivity contribution in [3.63, 3.8) is 0 Å². The second-order valence-corrected chi connectivity index (χ2v) is 5.94. The molecule has 14 heavy (non-hydrogen) atoms. The molecule has 0 bridgehead atoms. The molecule has 0 saturated carbocycles. The van der Waals surface area contributed by atoms with Gasteiger partial charge in [0.25, 0.3) is 0 Å². The molecule has 0 fully saturated rings. The molecule has 0 saturated heterocycles. The molecule has 0 spiro atoms. The molecule has 0 aromatic heterocycles. The van der Waals surface area contributed by atoms with Gasteiger partial charge in [0.05, 0.1) is 0 Å². The van der Waals surface area contributed by atoms with Gasteiger partial charge in [0, 0.05) is 13.1 Å². The highest BCUT2D eigenvalue weighted by Gasteiger charge is 2.27. The lowest BCUT2D eigenvalue weighted by Crippen LogP contribution is -2.25. The predicted molar refractivity (Wildman–Crippen MR) is 63.5 cm³/mol. The first kappa shape index (κ1) is 13.4. The van der Waals surface area contributed by atoms with Crippen molar-refractivity contribution in [1.82, 2.24) is 9.34 Å². The zero-order valence-electron chi connectivity index (χ0n) is 9.02. The van der Waals surface area contributed by atoms with Crippen molar-refractivity contribution in [2.75, 3.05) is 27.2 Å². The molecule has 0 aromatic rings. The van der Waals surface area contributed by atoms with Gasteiger partial charge < -0.3 is 0 Å². The first-order chi connectivity index (χ1) is 6.52. The number of likely N-dealkylation sites (N-methyl/N-ethyl adjacent to an activating group) is 2. The van der Waals surface area contributed by atoms with Crippen LogP contribution in [0.1, 0.15) is 0 Å². The lowest BCUT2D eigenvalue weighted by molar-refractivity contribution is 0.430. The fourth-order valence-electron chi connectivity index (χ4n) is 1.15. The normalized spacial score (nSPS) is 11.7. The van der Waals surface area contributed by atoms with Crippen molar-refractivity contribution in [3.05, 3.63) is 37.7 Å². The molecule has 0 aliphatic heterocycles. The van der Waals surface area contributed by atoms with Crippen LogP contribution in [0.4, 0.5) is 0 Å². The van der Waals surface area contributed by atoms with Crippen LogP contribution in [-0.4, -0.2) is 36.5 Å². The van der Waals surface area contributed by atoms with Crippen LogP contribution in [0.2, 0.25) is 0 Å². The number of nitrogens with zero attached hydrogens (tertiary/aromatic N) is 2. The van der Waals surface area contributed by atoms with Crippen LogP contribution in [0.5, 0.6) is 0 Å². The Hall–Kier alpha value is -0.630. The summed E-state index contributed by atoms with van der Waals surface area (Å²) in [4.78, 5) is 0. The minimum atomic E-state index is -2.63. The van der Waals surface area contributed by atoms with E-state index in [2.05, 4.69) is 19.7 Å². The average molecular weight is 214 g/mol. The van der Waals surface area contributed by atoms with Crippen LogP contribution < -0.4 is 0 Å². The lowest BCUT2D eigenvalue weighted by atomic mass is 10.6. The van der Waals surface area contributed by atoms with Gasteiger partial charge in [-0.15, -0.1) is 13.2 Å². The summed E-state index contributed by atoms with van der Waals surface area (Å²) >= 11 is 0. The van der Waals surface area contributed by atoms with E-state index in [1.54, 1.807) is 35.6 Å². The van der Waals surface area contributed by atoms with Crippen molar-refractivity contribution in [2.24, 2.45) is 0 Å². The highest BCUT2D eigenvalue weighted by atomic mass is 31.2. The van der Waals surface area contributed by atoms with Gasteiger partial charge in [-0.25, -0.2) is 9.34 Å². The molecule has 0 atom stereocenters. The molecule has 0 aliphatic rings. The van der Waals surface area contributed by atoms with Crippen molar-refractivity contribution >= 4 is 7.44 Å². The van der Waals surface area contributed by atoms with Gasteiger partial charge in [-0.3, -0.25) is 4.57 Å². The van der Waals surface area contributed by atoms with E-state index in [1.165, 1.54) is 5.82 Å². The summed E-state index contributed by atoms with van der Waals surface area (Å²) in [7, 11) is 0.963. The Balaban J connectivity index is 4.76. The van der Waals surface area contributed by atoms with Gasteiger partial charge in [0.15, 0.2) is 0 Å². The summed E-state index contributed by atoms with van der Waals surface area (Å²) in [5.74, 6) is 1.50. The van der Waals surface area contributed by atoms with Crippen LogP contribution in [-0.2, 0) is 4.57 Å². The summed E-state index contributed by atoms with van der Waals surface area (Å²) in [6.45, 7) is 12.0. The first-order valence-corrected chi connectivity index (χ1v) is 6.09. The molecule has 0 amide bonds. The highest BCUT2D eigenvalue weighted by molar-refractivity contribution is 7.62. The molecular formula is C10H19N2OP. The van der Waals surface area contributed by atoms with E-state index >= 15 is 0 Å². The Labute approximate surface area is 86.9 Å². The third-order valence-electron chi connectivity index (χ3n) is 2.00. The maximum Gasteiger partial charge on any atom is 0.238 e. The van der Waals surface area contributed by atoms with Crippen LogP contribution in [0.15, 0.2) is 37.7 Å². The topological polar surface area (TPSA) is 23.6 Å². The van der Waals surface area contributed by atoms with E-state index in [0.717, 1.165) is 0 Å². The van der Waals surface area contributed by atoms with E-state index in [1.807, 2.05) is 0 Å². The fourth-order valence-corrected chi connectivity index (χ4v) is 2.92. The van der Waals surface area contributed by atoms with Gasteiger partial charge in [-0.1, -0.05) is 18.7 Å². The molecule has 80 valence electrons. The molecular weight excluding hydrogens is 195 g/mol. The average Bonchev–Trinajstić information content (AvgIpc) is 2.17. The molecule has 0 aromatic carbocycles. The Morgan fingerprint density at radius 1 is 1.07 bits per heavy atom. The van der Waals surface area contributed by atoms with Gasteiger partial charge in [0.1, 0.15) is 0 Å². The first-order valence-electron chi connectivity index (χ1n) is 4.41. The van der Waals surface area contributed by atoms with Gasteiger partial charge in [0.2, 0.25) is 7.44 Å². The zero-order chi connectivity index (χ0) is 11.2. The van der Waals surface area contributed by atoms with Crippen molar-refractivity contribution in [3.8, 4) is 0 Å². The highest BCUT2D eigenvalue weighted by Crippen LogP contribution is 2.51. The minimum Gasteiger partial charge on any atom is -0.284 e. The molecule has 4 heteroatoms. The van der Waals surface area contributed by atoms with Crippen molar-refractivity contribution in [1.29, 1.82) is 0 Å². The number of hydrogen-bond acceptors (Lipinski definition) is 1. The Morgan fingerprint density at radius 2 is 1.43 bits per heavy atom. The van der Waals surface area contributed by atoms with Crippen LogP contribution >= 0.6 is 7.44 Å². The summed E-state index contributed by atoms with van der Waals surface area (Å²) in [5, 5.41) is 0. The summed E-state index contributed by atoms with van der Waals surface area (Å²) < 4.78 is 15.9. The van der Waals surface area contributed by atoms with Gasteiger partial charge in [-0.2, -0.15) is 0 Å². The van der Waals surface area contributed by atoms with E-state index < -0.39 is 7.44 Å². The van der Waals surface area contributed by atoms with E-state index in [4.69, 9.17) is 0 Å². The smallest absolute Gasteiger partial charge is 0.238 e. The third-order valence-corrected chi connectivity index (χ3v) is 4.76. The number of hydrogen-bond donors (Lipinski definition) is 0. The quantitative estimate of drug-likeness (QED) is 0.480. The minimum absolute atomic E-state index is 0.574. The summed E-state index contributed by atoms with van der Waals surface area (Å²) in [6.07, 6.45) is 3.44. The molecule has 0 heterocycles. The second-order valence-electron chi connectivity index (χ2n) is 3.03. The SMILES string of the molecule is C=CCN(C)P(=O)(C=C)N(C)CC=C. The van der Waals surface area contributed by atoms with Crippen LogP contribution in [0.3, 0.4) is 0 Å². The molecule has 0 N–H and O–H groups in total. The zero-order valence-corrected chi connectivity index (χ0v) is 9.91. The molecule has 3 nitrogen and oxygen atoms in total. The third kappa shape index (κ3) is 2.95. The van der Waals surface area contributed by atoms with Crippen molar-refractivity contribution < 1.29 is 4.57 Å². The van der Waals surface area contributed by atoms with Gasteiger partial charge in [-0.05, 0) is 19.9 Å². The van der Waals surface area contributed by atoms with E-state index in [9.17, 15) is 4.57 Å². The monoisotopic (exact) mass is 214 g/mol. The fraction of sp³-hybridized carbons (Fsp3) is 0.400. The Bertz CT molecular complexity index is 243.